The van der Waals surface area contributed by atoms with Crippen LogP contribution in [-0.4, -0.2) is 103 Å². The first-order valence-electron chi connectivity index (χ1n) is 11.6. The smallest absolute Gasteiger partial charge is 0.241 e. The van der Waals surface area contributed by atoms with E-state index in [1.807, 2.05) is 4.90 Å². The summed E-state index contributed by atoms with van der Waals surface area (Å²) in [6, 6.07) is -0.254. The SMILES string of the molecule is CCCC[C@H](C(=O)N1CCN(CC(=O)N2CCCC[C@H]2C)CC1)N1CCCS1(=O)=O. The maximum Gasteiger partial charge on any atom is 0.241 e. The zero-order chi connectivity index (χ0) is 21.7. The quantitative estimate of drug-likeness (QED) is 0.590. The van der Waals surface area contributed by atoms with E-state index in [2.05, 4.69) is 18.7 Å². The molecular formula is C21H38N4O4S. The zero-order valence-electron chi connectivity index (χ0n) is 18.6. The van der Waals surface area contributed by atoms with Crippen LogP contribution in [0.2, 0.25) is 0 Å². The summed E-state index contributed by atoms with van der Waals surface area (Å²) in [5, 5.41) is 0. The minimum atomic E-state index is -3.32. The van der Waals surface area contributed by atoms with Gasteiger partial charge in [-0.25, -0.2) is 8.42 Å². The molecule has 2 amide bonds. The Morgan fingerprint density at radius 3 is 2.33 bits per heavy atom. The lowest BCUT2D eigenvalue weighted by molar-refractivity contribution is -0.139. The van der Waals surface area contributed by atoms with Gasteiger partial charge in [0, 0.05) is 45.3 Å². The minimum Gasteiger partial charge on any atom is -0.339 e. The van der Waals surface area contributed by atoms with Gasteiger partial charge in [0.25, 0.3) is 0 Å². The van der Waals surface area contributed by atoms with Crippen LogP contribution >= 0.6 is 0 Å². The number of sulfonamides is 1. The van der Waals surface area contributed by atoms with E-state index < -0.39 is 16.1 Å². The van der Waals surface area contributed by atoms with Gasteiger partial charge in [0.1, 0.15) is 6.04 Å². The monoisotopic (exact) mass is 442 g/mol. The van der Waals surface area contributed by atoms with Gasteiger partial charge in [-0.2, -0.15) is 4.31 Å². The van der Waals surface area contributed by atoms with Crippen LogP contribution in [0.4, 0.5) is 0 Å². The van der Waals surface area contributed by atoms with Gasteiger partial charge in [-0.05, 0) is 39.0 Å². The molecule has 3 heterocycles. The summed E-state index contributed by atoms with van der Waals surface area (Å²) >= 11 is 0. The van der Waals surface area contributed by atoms with E-state index in [0.29, 0.717) is 58.2 Å². The summed E-state index contributed by atoms with van der Waals surface area (Å²) in [5.41, 5.74) is 0. The third kappa shape index (κ3) is 5.53. The number of nitrogens with zero attached hydrogens (tertiary/aromatic N) is 4. The summed E-state index contributed by atoms with van der Waals surface area (Å²) in [6.07, 6.45) is 6.30. The van der Waals surface area contributed by atoms with Crippen molar-refractivity contribution in [3.05, 3.63) is 0 Å². The molecule has 3 fully saturated rings. The predicted octanol–water partition coefficient (Wildman–Crippen LogP) is 1.13. The summed E-state index contributed by atoms with van der Waals surface area (Å²) < 4.78 is 26.3. The highest BCUT2D eigenvalue weighted by Gasteiger charge is 2.40. The number of rotatable bonds is 7. The standard InChI is InChI=1S/C21H38N4O4S/c1-3-4-9-19(25-11-7-16-30(25,28)29)21(27)23-14-12-22(13-15-23)17-20(26)24-10-6-5-8-18(24)2/h18-19H,3-17H2,1-2H3/t18-,19-/m1/s1. The van der Waals surface area contributed by atoms with Crippen molar-refractivity contribution < 1.29 is 18.0 Å². The van der Waals surface area contributed by atoms with E-state index >= 15 is 0 Å². The van der Waals surface area contributed by atoms with Gasteiger partial charge in [0.2, 0.25) is 21.8 Å². The van der Waals surface area contributed by atoms with Crippen LogP contribution in [-0.2, 0) is 19.6 Å². The lowest BCUT2D eigenvalue weighted by Gasteiger charge is -2.39. The van der Waals surface area contributed by atoms with Crippen LogP contribution < -0.4 is 0 Å². The Hall–Kier alpha value is -1.19. The molecule has 3 aliphatic rings. The first-order valence-corrected chi connectivity index (χ1v) is 13.2. The van der Waals surface area contributed by atoms with Gasteiger partial charge in [-0.3, -0.25) is 14.5 Å². The highest BCUT2D eigenvalue weighted by molar-refractivity contribution is 7.89. The third-order valence-electron chi connectivity index (χ3n) is 6.77. The van der Waals surface area contributed by atoms with Crippen molar-refractivity contribution in [1.29, 1.82) is 0 Å². The van der Waals surface area contributed by atoms with Crippen molar-refractivity contribution in [2.24, 2.45) is 0 Å². The molecular weight excluding hydrogens is 404 g/mol. The Bertz CT molecular complexity index is 706. The molecule has 0 N–H and O–H groups in total. The largest absolute Gasteiger partial charge is 0.339 e. The number of carbonyl (C=O) groups is 2. The van der Waals surface area contributed by atoms with Crippen molar-refractivity contribution in [2.75, 3.05) is 51.6 Å². The molecule has 3 saturated heterocycles. The topological polar surface area (TPSA) is 81.2 Å². The zero-order valence-corrected chi connectivity index (χ0v) is 19.4. The second-order valence-electron chi connectivity index (χ2n) is 8.97. The molecule has 0 aromatic carbocycles. The van der Waals surface area contributed by atoms with Crippen molar-refractivity contribution in [2.45, 2.75) is 70.9 Å². The number of piperazine rings is 1. The number of piperidine rings is 1. The second kappa shape index (κ2) is 10.4. The molecule has 3 rings (SSSR count). The summed E-state index contributed by atoms with van der Waals surface area (Å²) in [4.78, 5) is 31.8. The van der Waals surface area contributed by atoms with Gasteiger partial charge < -0.3 is 9.80 Å². The molecule has 0 radical (unpaired) electrons. The normalized spacial score (nSPS) is 26.7. The molecule has 3 aliphatic heterocycles. The number of amides is 2. The Labute approximate surface area is 181 Å². The van der Waals surface area contributed by atoms with Crippen LogP contribution in [0.25, 0.3) is 0 Å². The van der Waals surface area contributed by atoms with E-state index in [1.54, 1.807) is 4.90 Å². The Balaban J connectivity index is 1.54. The molecule has 0 bridgehead atoms. The molecule has 0 aromatic rings. The highest BCUT2D eigenvalue weighted by Crippen LogP contribution is 2.23. The molecule has 0 aromatic heterocycles. The van der Waals surface area contributed by atoms with E-state index in [1.165, 1.54) is 10.7 Å². The van der Waals surface area contributed by atoms with Crippen LogP contribution in [0.1, 0.15) is 58.8 Å². The molecule has 0 aliphatic carbocycles. The fraction of sp³-hybridized carbons (Fsp3) is 0.905. The lowest BCUT2D eigenvalue weighted by atomic mass is 10.0. The molecule has 0 spiro atoms. The third-order valence-corrected chi connectivity index (χ3v) is 8.72. The van der Waals surface area contributed by atoms with E-state index in [4.69, 9.17) is 0 Å². The maximum atomic E-state index is 13.2. The molecule has 0 saturated carbocycles. The maximum absolute atomic E-state index is 13.2. The van der Waals surface area contributed by atoms with Crippen molar-refractivity contribution in [3.63, 3.8) is 0 Å². The Morgan fingerprint density at radius 2 is 1.73 bits per heavy atom. The minimum absolute atomic E-state index is 0.0652. The van der Waals surface area contributed by atoms with Gasteiger partial charge >= 0.3 is 0 Å². The van der Waals surface area contributed by atoms with Crippen molar-refractivity contribution in [1.82, 2.24) is 19.0 Å². The van der Waals surface area contributed by atoms with Crippen molar-refractivity contribution in [3.8, 4) is 0 Å². The van der Waals surface area contributed by atoms with Gasteiger partial charge in [-0.15, -0.1) is 0 Å². The van der Waals surface area contributed by atoms with Crippen LogP contribution in [0.15, 0.2) is 0 Å². The number of carbonyl (C=O) groups excluding carboxylic acids is 2. The summed E-state index contributed by atoms with van der Waals surface area (Å²) in [6.45, 7) is 8.31. The van der Waals surface area contributed by atoms with Gasteiger partial charge in [-0.1, -0.05) is 19.8 Å². The summed E-state index contributed by atoms with van der Waals surface area (Å²) in [5.74, 6) is 0.267. The molecule has 172 valence electrons. The molecule has 2 atom stereocenters. The summed E-state index contributed by atoms with van der Waals surface area (Å²) in [7, 11) is -3.32. The van der Waals surface area contributed by atoms with Gasteiger partial charge in [0.15, 0.2) is 0 Å². The number of hydrogen-bond donors (Lipinski definition) is 0. The number of hydrogen-bond acceptors (Lipinski definition) is 5. The average Bonchev–Trinajstić information content (AvgIpc) is 3.08. The second-order valence-corrected chi connectivity index (χ2v) is 11.0. The predicted molar refractivity (Wildman–Crippen MR) is 116 cm³/mol. The molecule has 0 unspecified atom stereocenters. The van der Waals surface area contributed by atoms with Crippen molar-refractivity contribution >= 4 is 21.8 Å². The van der Waals surface area contributed by atoms with Crippen LogP contribution in [0.5, 0.6) is 0 Å². The van der Waals surface area contributed by atoms with Crippen LogP contribution in [0, 0.1) is 0 Å². The van der Waals surface area contributed by atoms with E-state index in [0.717, 1.165) is 32.2 Å². The lowest BCUT2D eigenvalue weighted by Crippen LogP contribution is -2.56. The van der Waals surface area contributed by atoms with E-state index in [9.17, 15) is 18.0 Å². The Kier molecular flexibility index (Phi) is 8.15. The fourth-order valence-corrected chi connectivity index (χ4v) is 6.60. The number of likely N-dealkylation sites (tertiary alicyclic amines) is 1. The molecule has 30 heavy (non-hydrogen) atoms. The Morgan fingerprint density at radius 1 is 1.00 bits per heavy atom. The molecule has 9 heteroatoms. The first kappa shape index (κ1) is 23.5. The fourth-order valence-electron chi connectivity index (χ4n) is 4.88. The number of unbranched alkanes of at least 4 members (excludes halogenated alkanes) is 1. The average molecular weight is 443 g/mol. The van der Waals surface area contributed by atoms with Crippen LogP contribution in [0.3, 0.4) is 0 Å². The van der Waals surface area contributed by atoms with E-state index in [-0.39, 0.29) is 17.6 Å². The van der Waals surface area contributed by atoms with Gasteiger partial charge in [0.05, 0.1) is 12.3 Å². The first-order chi connectivity index (χ1) is 14.3. The highest BCUT2D eigenvalue weighted by atomic mass is 32.2. The molecule has 8 nitrogen and oxygen atoms in total.